The van der Waals surface area contributed by atoms with Crippen molar-refractivity contribution in [2.75, 3.05) is 6.61 Å². The number of fused-ring (bicyclic) bond motifs is 1. The lowest BCUT2D eigenvalue weighted by atomic mass is 10.1. The molecule has 1 atom stereocenters. The van der Waals surface area contributed by atoms with Crippen LogP contribution < -0.4 is 4.74 Å². The summed E-state index contributed by atoms with van der Waals surface area (Å²) in [5.74, 6) is 0.849. The Morgan fingerprint density at radius 3 is 2.71 bits per heavy atom. The van der Waals surface area contributed by atoms with Gasteiger partial charge in [0, 0.05) is 5.56 Å². The molecule has 0 aliphatic heterocycles. The predicted octanol–water partition coefficient (Wildman–Crippen LogP) is 4.22. The Labute approximate surface area is 163 Å². The van der Waals surface area contributed by atoms with Crippen molar-refractivity contribution >= 4 is 5.97 Å². The normalized spacial score (nSPS) is 13.8. The molecular weight excluding hydrogens is 356 g/mol. The quantitative estimate of drug-likeness (QED) is 0.598. The van der Waals surface area contributed by atoms with E-state index in [1.54, 1.807) is 6.92 Å². The molecule has 0 fully saturated rings. The number of aromatic nitrogens is 2. The molecule has 0 saturated heterocycles. The van der Waals surface area contributed by atoms with Crippen LogP contribution in [0.3, 0.4) is 0 Å². The Hall–Kier alpha value is -3.15. The molecule has 0 spiro atoms. The summed E-state index contributed by atoms with van der Waals surface area (Å²) in [5, 5.41) is 8.02. The van der Waals surface area contributed by atoms with Crippen molar-refractivity contribution in [2.45, 2.75) is 39.2 Å². The van der Waals surface area contributed by atoms with Crippen LogP contribution in [0.1, 0.15) is 42.0 Å². The third kappa shape index (κ3) is 4.06. The Morgan fingerprint density at radius 2 is 1.89 bits per heavy atom. The number of rotatable bonds is 6. The number of carbonyl (C=O) groups excluding carboxylic acids is 1. The van der Waals surface area contributed by atoms with Crippen molar-refractivity contribution < 1.29 is 18.7 Å². The van der Waals surface area contributed by atoms with Crippen LogP contribution >= 0.6 is 0 Å². The highest BCUT2D eigenvalue weighted by molar-refractivity contribution is 5.71. The SMILES string of the molecule is Cc1ccc(-c2nnc([C@@H](C)OC(=O)COc3ccc4c(c3)CCC4)o2)cc1. The second-order valence-corrected chi connectivity index (χ2v) is 7.02. The van der Waals surface area contributed by atoms with Crippen LogP contribution in [-0.2, 0) is 22.4 Å². The molecular formula is C22H22N2O4. The van der Waals surface area contributed by atoms with Gasteiger partial charge < -0.3 is 13.9 Å². The van der Waals surface area contributed by atoms with Crippen LogP contribution in [0.15, 0.2) is 46.9 Å². The summed E-state index contributed by atoms with van der Waals surface area (Å²) in [6.07, 6.45) is 2.70. The highest BCUT2D eigenvalue weighted by atomic mass is 16.6. The van der Waals surface area contributed by atoms with Gasteiger partial charge in [0.25, 0.3) is 5.89 Å². The second kappa shape index (κ2) is 7.84. The summed E-state index contributed by atoms with van der Waals surface area (Å²) in [6.45, 7) is 3.54. The van der Waals surface area contributed by atoms with Crippen LogP contribution in [0, 0.1) is 6.92 Å². The van der Waals surface area contributed by atoms with Crippen molar-refractivity contribution in [2.24, 2.45) is 0 Å². The largest absolute Gasteiger partial charge is 0.482 e. The first-order valence-electron chi connectivity index (χ1n) is 9.43. The van der Waals surface area contributed by atoms with E-state index in [0.717, 1.165) is 24.0 Å². The second-order valence-electron chi connectivity index (χ2n) is 7.02. The molecule has 6 nitrogen and oxygen atoms in total. The Morgan fingerprint density at radius 1 is 1.11 bits per heavy atom. The van der Waals surface area contributed by atoms with E-state index < -0.39 is 12.1 Å². The standard InChI is InChI=1S/C22H22N2O4/c1-14-6-8-17(9-7-14)22-24-23-21(28-22)15(2)27-20(25)13-26-19-11-10-16-4-3-5-18(16)12-19/h6-12,15H,3-5,13H2,1-2H3/t15-/m1/s1. The number of esters is 1. The van der Waals surface area contributed by atoms with Gasteiger partial charge in [-0.25, -0.2) is 4.79 Å². The van der Waals surface area contributed by atoms with Crippen LogP contribution in [0.25, 0.3) is 11.5 Å². The molecule has 3 aromatic rings. The zero-order valence-electron chi connectivity index (χ0n) is 16.0. The lowest BCUT2D eigenvalue weighted by Gasteiger charge is -2.11. The zero-order chi connectivity index (χ0) is 19.5. The minimum Gasteiger partial charge on any atom is -0.482 e. The molecule has 0 bridgehead atoms. The number of carbonyl (C=O) groups is 1. The maximum atomic E-state index is 12.1. The van der Waals surface area contributed by atoms with E-state index in [2.05, 4.69) is 16.3 Å². The van der Waals surface area contributed by atoms with Crippen LogP contribution in [0.5, 0.6) is 5.75 Å². The summed E-state index contributed by atoms with van der Waals surface area (Å²) in [5.41, 5.74) is 4.63. The smallest absolute Gasteiger partial charge is 0.344 e. The fourth-order valence-corrected chi connectivity index (χ4v) is 3.27. The van der Waals surface area contributed by atoms with Gasteiger partial charge in [-0.2, -0.15) is 0 Å². The van der Waals surface area contributed by atoms with Gasteiger partial charge in [-0.1, -0.05) is 23.8 Å². The van der Waals surface area contributed by atoms with E-state index in [0.29, 0.717) is 11.6 Å². The number of hydrogen-bond donors (Lipinski definition) is 0. The molecule has 6 heteroatoms. The van der Waals surface area contributed by atoms with E-state index in [-0.39, 0.29) is 12.5 Å². The van der Waals surface area contributed by atoms with Crippen LogP contribution in [-0.4, -0.2) is 22.8 Å². The molecule has 1 heterocycles. The topological polar surface area (TPSA) is 74.5 Å². The molecule has 4 rings (SSSR count). The van der Waals surface area contributed by atoms with E-state index in [1.807, 2.05) is 43.3 Å². The Balaban J connectivity index is 1.32. The molecule has 0 unspecified atom stereocenters. The molecule has 28 heavy (non-hydrogen) atoms. The van der Waals surface area contributed by atoms with Crippen molar-refractivity contribution in [3.63, 3.8) is 0 Å². The van der Waals surface area contributed by atoms with E-state index in [9.17, 15) is 4.79 Å². The average Bonchev–Trinajstić information content (AvgIpc) is 3.36. The monoisotopic (exact) mass is 378 g/mol. The average molecular weight is 378 g/mol. The molecule has 0 radical (unpaired) electrons. The number of benzene rings is 2. The van der Waals surface area contributed by atoms with Gasteiger partial charge in [-0.3, -0.25) is 0 Å². The highest BCUT2D eigenvalue weighted by Crippen LogP contribution is 2.26. The molecule has 1 aliphatic rings. The Bertz CT molecular complexity index is 978. The molecule has 0 amide bonds. The van der Waals surface area contributed by atoms with Gasteiger partial charge in [-0.05, 0) is 68.5 Å². The third-order valence-corrected chi connectivity index (χ3v) is 4.82. The molecule has 1 aromatic heterocycles. The highest BCUT2D eigenvalue weighted by Gasteiger charge is 2.19. The minimum atomic E-state index is -0.650. The first-order chi connectivity index (χ1) is 13.6. The van der Waals surface area contributed by atoms with E-state index in [1.165, 1.54) is 17.5 Å². The van der Waals surface area contributed by atoms with Gasteiger partial charge in [0.2, 0.25) is 5.89 Å². The van der Waals surface area contributed by atoms with Crippen molar-refractivity contribution in [3.8, 4) is 17.2 Å². The van der Waals surface area contributed by atoms with Gasteiger partial charge in [-0.15, -0.1) is 10.2 Å². The van der Waals surface area contributed by atoms with E-state index in [4.69, 9.17) is 13.9 Å². The van der Waals surface area contributed by atoms with Crippen molar-refractivity contribution in [1.29, 1.82) is 0 Å². The number of aryl methyl sites for hydroxylation is 3. The van der Waals surface area contributed by atoms with E-state index >= 15 is 0 Å². The Kier molecular flexibility index (Phi) is 5.10. The van der Waals surface area contributed by atoms with Crippen LogP contribution in [0.2, 0.25) is 0 Å². The number of hydrogen-bond acceptors (Lipinski definition) is 6. The first kappa shape index (κ1) is 18.2. The third-order valence-electron chi connectivity index (χ3n) is 4.82. The van der Waals surface area contributed by atoms with Crippen LogP contribution in [0.4, 0.5) is 0 Å². The summed E-state index contributed by atoms with van der Waals surface area (Å²) in [7, 11) is 0. The van der Waals surface area contributed by atoms with Gasteiger partial charge in [0.1, 0.15) is 5.75 Å². The van der Waals surface area contributed by atoms with Gasteiger partial charge in [0.05, 0.1) is 0 Å². The first-order valence-corrected chi connectivity index (χ1v) is 9.43. The molecule has 144 valence electrons. The minimum absolute atomic E-state index is 0.165. The summed E-state index contributed by atoms with van der Waals surface area (Å²) in [6, 6.07) is 13.7. The number of nitrogens with zero attached hydrogens (tertiary/aromatic N) is 2. The number of ether oxygens (including phenoxy) is 2. The summed E-state index contributed by atoms with van der Waals surface area (Å²) >= 11 is 0. The fourth-order valence-electron chi connectivity index (χ4n) is 3.27. The summed E-state index contributed by atoms with van der Waals surface area (Å²) < 4.78 is 16.6. The molecule has 1 aliphatic carbocycles. The zero-order valence-corrected chi connectivity index (χ0v) is 16.0. The van der Waals surface area contributed by atoms with Gasteiger partial charge >= 0.3 is 5.97 Å². The maximum absolute atomic E-state index is 12.1. The molecule has 0 saturated carbocycles. The van der Waals surface area contributed by atoms with Crippen molar-refractivity contribution in [3.05, 3.63) is 65.0 Å². The summed E-state index contributed by atoms with van der Waals surface area (Å²) in [4.78, 5) is 12.1. The fraction of sp³-hybridized carbons (Fsp3) is 0.318. The predicted molar refractivity (Wildman–Crippen MR) is 103 cm³/mol. The molecule has 2 aromatic carbocycles. The lowest BCUT2D eigenvalue weighted by molar-refractivity contribution is -0.152. The van der Waals surface area contributed by atoms with Gasteiger partial charge in [0.15, 0.2) is 12.7 Å². The molecule has 0 N–H and O–H groups in total. The maximum Gasteiger partial charge on any atom is 0.344 e. The van der Waals surface area contributed by atoms with Crippen molar-refractivity contribution in [1.82, 2.24) is 10.2 Å². The lowest BCUT2D eigenvalue weighted by Crippen LogP contribution is -2.17.